The molecule has 0 bridgehead atoms. The number of nitrogens with one attached hydrogen (secondary N) is 2. The lowest BCUT2D eigenvalue weighted by Crippen LogP contribution is -2.44. The fraction of sp³-hybridized carbons (Fsp3) is 0.467. The van der Waals surface area contributed by atoms with Crippen LogP contribution in [0.15, 0.2) is 24.4 Å². The molecule has 0 radical (unpaired) electrons. The zero-order valence-corrected chi connectivity index (χ0v) is 11.4. The molecule has 1 heterocycles. The third kappa shape index (κ3) is 2.67. The third-order valence-electron chi connectivity index (χ3n) is 4.07. The average molecular weight is 273 g/mol. The number of H-pyrrole nitrogens is 1. The summed E-state index contributed by atoms with van der Waals surface area (Å²) in [6.45, 7) is 0.326. The van der Waals surface area contributed by atoms with Crippen LogP contribution in [0.4, 0.5) is 0 Å². The topological polar surface area (TPSA) is 78.0 Å². The van der Waals surface area contributed by atoms with Crippen LogP contribution in [-0.2, 0) is 0 Å². The molecule has 1 saturated carbocycles. The molecule has 1 amide bonds. The second-order valence-electron chi connectivity index (χ2n) is 5.64. The second kappa shape index (κ2) is 5.25. The molecule has 1 aromatic heterocycles. The van der Waals surface area contributed by atoms with Crippen LogP contribution in [0.2, 0.25) is 0 Å². The number of rotatable bonds is 3. The molecule has 0 spiro atoms. The van der Waals surface area contributed by atoms with Crippen molar-refractivity contribution in [2.24, 2.45) is 0 Å². The maximum atomic E-state index is 12.1. The van der Waals surface area contributed by atoms with Crippen LogP contribution in [0.1, 0.15) is 42.5 Å². The number of carbonyl (C=O) groups excluding carboxylic acids is 1. The van der Waals surface area contributed by atoms with Gasteiger partial charge in [-0.05, 0) is 25.0 Å². The van der Waals surface area contributed by atoms with E-state index in [9.17, 15) is 9.90 Å². The van der Waals surface area contributed by atoms with Gasteiger partial charge in [0.15, 0.2) is 0 Å². The molecule has 0 aliphatic heterocycles. The van der Waals surface area contributed by atoms with Crippen LogP contribution in [0.3, 0.4) is 0 Å². The predicted octanol–water partition coefficient (Wildman–Crippen LogP) is 1.99. The Bertz CT molecular complexity index is 614. The normalized spacial score (nSPS) is 18.1. The summed E-state index contributed by atoms with van der Waals surface area (Å²) in [6.07, 6.45) is 6.51. The van der Waals surface area contributed by atoms with Crippen LogP contribution < -0.4 is 5.32 Å². The number of amides is 1. The molecule has 1 aliphatic rings. The summed E-state index contributed by atoms with van der Waals surface area (Å²) in [4.78, 5) is 12.1. The first kappa shape index (κ1) is 13.1. The molecule has 0 unspecified atom stereocenters. The molecule has 0 atom stereocenters. The first-order valence-corrected chi connectivity index (χ1v) is 7.10. The number of fused-ring (bicyclic) bond motifs is 1. The number of carbonyl (C=O) groups is 1. The molecule has 3 rings (SSSR count). The molecule has 3 N–H and O–H groups in total. The van der Waals surface area contributed by atoms with Gasteiger partial charge in [0.1, 0.15) is 0 Å². The largest absolute Gasteiger partial charge is 0.388 e. The van der Waals surface area contributed by atoms with Crippen molar-refractivity contribution in [2.45, 2.75) is 37.7 Å². The number of hydrogen-bond acceptors (Lipinski definition) is 3. The predicted molar refractivity (Wildman–Crippen MR) is 76.5 cm³/mol. The Morgan fingerprint density at radius 3 is 2.95 bits per heavy atom. The minimum absolute atomic E-state index is 0.152. The summed E-state index contributed by atoms with van der Waals surface area (Å²) in [6, 6.07) is 5.42. The molecule has 2 aromatic rings. The molecule has 1 aromatic carbocycles. The highest BCUT2D eigenvalue weighted by Crippen LogP contribution is 2.27. The Hall–Kier alpha value is -1.88. The van der Waals surface area contributed by atoms with Gasteiger partial charge in [0.05, 0.1) is 17.3 Å². The summed E-state index contributed by atoms with van der Waals surface area (Å²) >= 11 is 0. The van der Waals surface area contributed by atoms with E-state index in [1.54, 1.807) is 18.3 Å². The van der Waals surface area contributed by atoms with Crippen molar-refractivity contribution >= 4 is 16.8 Å². The van der Waals surface area contributed by atoms with Crippen molar-refractivity contribution in [1.82, 2.24) is 15.5 Å². The SMILES string of the molecule is O=C(NCC1(O)CCCCC1)c1ccc2cn[nH]c2c1. The molecule has 106 valence electrons. The number of aliphatic hydroxyl groups is 1. The van der Waals surface area contributed by atoms with E-state index in [-0.39, 0.29) is 5.91 Å². The van der Waals surface area contributed by atoms with Crippen LogP contribution in [-0.4, -0.2) is 33.4 Å². The van der Waals surface area contributed by atoms with Crippen molar-refractivity contribution in [3.63, 3.8) is 0 Å². The van der Waals surface area contributed by atoms with E-state index in [0.717, 1.165) is 36.6 Å². The highest BCUT2D eigenvalue weighted by atomic mass is 16.3. The van der Waals surface area contributed by atoms with Crippen molar-refractivity contribution in [2.75, 3.05) is 6.54 Å². The van der Waals surface area contributed by atoms with Gasteiger partial charge in [0.2, 0.25) is 0 Å². The molecule has 5 heteroatoms. The number of hydrogen-bond donors (Lipinski definition) is 3. The summed E-state index contributed by atoms with van der Waals surface area (Å²) in [5, 5.41) is 21.0. The Morgan fingerprint density at radius 1 is 1.35 bits per heavy atom. The van der Waals surface area contributed by atoms with E-state index in [2.05, 4.69) is 15.5 Å². The smallest absolute Gasteiger partial charge is 0.251 e. The number of nitrogens with zero attached hydrogens (tertiary/aromatic N) is 1. The Kier molecular flexibility index (Phi) is 3.44. The highest BCUT2D eigenvalue weighted by Gasteiger charge is 2.29. The molecule has 0 saturated heterocycles. The van der Waals surface area contributed by atoms with Crippen molar-refractivity contribution in [1.29, 1.82) is 0 Å². The molecule has 1 aliphatic carbocycles. The third-order valence-corrected chi connectivity index (χ3v) is 4.07. The van der Waals surface area contributed by atoms with Crippen LogP contribution in [0, 0.1) is 0 Å². The average Bonchev–Trinajstić information content (AvgIpc) is 2.93. The van der Waals surface area contributed by atoms with Gasteiger partial charge in [-0.25, -0.2) is 0 Å². The van der Waals surface area contributed by atoms with Gasteiger partial charge >= 0.3 is 0 Å². The summed E-state index contributed by atoms with van der Waals surface area (Å²) < 4.78 is 0. The van der Waals surface area contributed by atoms with Gasteiger partial charge < -0.3 is 10.4 Å². The fourth-order valence-corrected chi connectivity index (χ4v) is 2.81. The fourth-order valence-electron chi connectivity index (χ4n) is 2.81. The lowest BCUT2D eigenvalue weighted by molar-refractivity contribution is 0.00526. The highest BCUT2D eigenvalue weighted by molar-refractivity contribution is 5.97. The van der Waals surface area contributed by atoms with E-state index < -0.39 is 5.60 Å². The van der Waals surface area contributed by atoms with Crippen molar-refractivity contribution in [3.05, 3.63) is 30.0 Å². The van der Waals surface area contributed by atoms with E-state index >= 15 is 0 Å². The molecule has 5 nitrogen and oxygen atoms in total. The summed E-state index contributed by atoms with van der Waals surface area (Å²) in [7, 11) is 0. The minimum Gasteiger partial charge on any atom is -0.388 e. The molecule has 20 heavy (non-hydrogen) atoms. The van der Waals surface area contributed by atoms with Gasteiger partial charge in [-0.1, -0.05) is 25.3 Å². The van der Waals surface area contributed by atoms with Crippen LogP contribution >= 0.6 is 0 Å². The molecular formula is C15H19N3O2. The Balaban J connectivity index is 1.66. The number of aromatic amines is 1. The zero-order chi connectivity index (χ0) is 14.0. The first-order valence-electron chi connectivity index (χ1n) is 7.10. The van der Waals surface area contributed by atoms with Crippen molar-refractivity contribution < 1.29 is 9.90 Å². The monoisotopic (exact) mass is 273 g/mol. The Labute approximate surface area is 117 Å². The minimum atomic E-state index is -0.730. The lowest BCUT2D eigenvalue weighted by Gasteiger charge is -2.32. The van der Waals surface area contributed by atoms with Crippen molar-refractivity contribution in [3.8, 4) is 0 Å². The maximum Gasteiger partial charge on any atom is 0.251 e. The lowest BCUT2D eigenvalue weighted by atomic mass is 9.85. The van der Waals surface area contributed by atoms with E-state index in [1.165, 1.54) is 6.42 Å². The number of benzene rings is 1. The van der Waals surface area contributed by atoms with Gasteiger partial charge in [0, 0.05) is 17.5 Å². The van der Waals surface area contributed by atoms with Gasteiger partial charge in [-0.3, -0.25) is 9.89 Å². The van der Waals surface area contributed by atoms with E-state index in [1.807, 2.05) is 6.07 Å². The van der Waals surface area contributed by atoms with Crippen LogP contribution in [0.25, 0.3) is 10.9 Å². The van der Waals surface area contributed by atoms with Gasteiger partial charge in [-0.2, -0.15) is 5.10 Å². The first-order chi connectivity index (χ1) is 9.66. The second-order valence-corrected chi connectivity index (χ2v) is 5.64. The molecule has 1 fully saturated rings. The summed E-state index contributed by atoms with van der Waals surface area (Å²) in [5.41, 5.74) is 0.696. The maximum absolute atomic E-state index is 12.1. The summed E-state index contributed by atoms with van der Waals surface area (Å²) in [5.74, 6) is -0.152. The zero-order valence-electron chi connectivity index (χ0n) is 11.4. The Morgan fingerprint density at radius 2 is 2.15 bits per heavy atom. The standard InChI is InChI=1S/C15H19N3O2/c19-14(16-10-15(20)6-2-1-3-7-15)11-4-5-12-9-17-18-13(12)8-11/h4-5,8-9,20H,1-3,6-7,10H2,(H,16,19)(H,17,18). The van der Waals surface area contributed by atoms with E-state index in [4.69, 9.17) is 0 Å². The van der Waals surface area contributed by atoms with Gasteiger partial charge in [0.25, 0.3) is 5.91 Å². The van der Waals surface area contributed by atoms with E-state index in [0.29, 0.717) is 12.1 Å². The van der Waals surface area contributed by atoms with Gasteiger partial charge in [-0.15, -0.1) is 0 Å². The molecular weight excluding hydrogens is 254 g/mol. The quantitative estimate of drug-likeness (QED) is 0.800. The van der Waals surface area contributed by atoms with Crippen LogP contribution in [0.5, 0.6) is 0 Å². The number of aromatic nitrogens is 2.